The summed E-state index contributed by atoms with van der Waals surface area (Å²) >= 11 is 0. The molecule has 16 bridgehead atoms. The molecular weight excluding hydrogens is 1480 g/mol. The standard InChI is InChI=1S/C100H102N8Si6/c1-109(2,3)69-35-23-63(24-36-69)93-77-47-51-81(101-77)95(65-27-39-71(40-28-65)111(7,8)9)85-55-59-89(105-85)99(90-60-56-86(106-90)96(82-52-48-78(93)102-82)66-29-41-72(42-30-66)112(10,11)12)75-21-19-20-22-76(75)100-91-61-57-87(107-91)97(67-31-43-73(44-32-67)113(13,14)15)83-53-49-79(103-83)94(64-25-37-70(38-26-64)110(4,5)6)80-50-54-84(104-80)98(88-58-62-92(100)108-88)68-33-45-74(46-34-68)114(16,17)18/h19-62,101,103,106,108H,1-18H3. The van der Waals surface area contributed by atoms with Crippen LogP contribution in [-0.4, -0.2) is 88.3 Å². The molecule has 0 radical (unpaired) electrons. The molecule has 0 unspecified atom stereocenters. The number of nitrogens with one attached hydrogen (secondary N) is 4. The van der Waals surface area contributed by atoms with E-state index in [-0.39, 0.29) is 0 Å². The van der Waals surface area contributed by atoms with Gasteiger partial charge in [-0.1, -0.05) is 319 Å². The quantitative estimate of drug-likeness (QED) is 0.0812. The van der Waals surface area contributed by atoms with E-state index in [4.69, 9.17) is 19.9 Å². The van der Waals surface area contributed by atoms with Gasteiger partial charge in [-0.25, -0.2) is 19.9 Å². The zero-order valence-corrected chi connectivity index (χ0v) is 75.2. The SMILES string of the molecule is C[Si](C)(C)c1ccc(-c2c3nc(c(-c4ccc([Si](C)(C)C)cc4)c4ccc([nH]4)c(-c4ccccc4-c4c5nc(c(-c6ccc([Si](C)(C)C)cc6)c6ccc([nH]6)c(-c6ccc([Si](C)(C)C)cc6)c6nc(c(-c7ccc([Si](C)(C)C)cc7)c7ccc4[nH]7)C=C6)C=C5)c4nc(c(-c5ccc([Si](C)(C)C)cc5)c5ccc2[nH]5)C=C4)C=C3)cc1. The van der Waals surface area contributed by atoms with E-state index in [1.165, 1.54) is 31.1 Å². The second-order valence-electron chi connectivity index (χ2n) is 37.5. The first-order chi connectivity index (χ1) is 54.2. The summed E-state index contributed by atoms with van der Waals surface area (Å²) in [6, 6.07) is 82.8. The highest BCUT2D eigenvalue weighted by molar-refractivity contribution is 6.91. The predicted octanol–water partition coefficient (Wildman–Crippen LogP) is 24.2. The molecule has 14 heteroatoms. The van der Waals surface area contributed by atoms with Crippen LogP contribution in [0.5, 0.6) is 0 Å². The van der Waals surface area contributed by atoms with Gasteiger partial charge in [0.05, 0.1) is 94.0 Å². The summed E-state index contributed by atoms with van der Waals surface area (Å²) in [5, 5.41) is 8.42. The summed E-state index contributed by atoms with van der Waals surface area (Å²) < 4.78 is 0. The van der Waals surface area contributed by atoms with Gasteiger partial charge in [0.15, 0.2) is 0 Å². The maximum atomic E-state index is 5.97. The number of H-pyrrole nitrogens is 4. The molecule has 0 aliphatic carbocycles. The molecule has 6 aromatic heterocycles. The molecule has 8 nitrogen and oxygen atoms in total. The Morgan fingerprint density at radius 1 is 0.167 bits per heavy atom. The lowest BCUT2D eigenvalue weighted by molar-refractivity contribution is 1.30. The van der Waals surface area contributed by atoms with Gasteiger partial charge in [-0.15, -0.1) is 0 Å². The summed E-state index contributed by atoms with van der Waals surface area (Å²) in [6.45, 7) is 43.5. The van der Waals surface area contributed by atoms with Crippen LogP contribution in [0.25, 0.3) is 182 Å². The Kier molecular flexibility index (Phi) is 19.0. The molecule has 4 aliphatic heterocycles. The fourth-order valence-corrected chi connectivity index (χ4v) is 23.5. The van der Waals surface area contributed by atoms with Crippen LogP contribution < -0.4 is 31.1 Å². The van der Waals surface area contributed by atoms with Crippen molar-refractivity contribution in [1.29, 1.82) is 0 Å². The zero-order chi connectivity index (χ0) is 79.7. The third-order valence-corrected chi connectivity index (χ3v) is 35.6. The second-order valence-corrected chi connectivity index (χ2v) is 68.0. The summed E-state index contributed by atoms with van der Waals surface area (Å²) in [5.74, 6) is 0. The van der Waals surface area contributed by atoms with Gasteiger partial charge in [0, 0.05) is 88.6 Å². The van der Waals surface area contributed by atoms with E-state index in [1.807, 2.05) is 0 Å². The number of hydrogen-bond acceptors (Lipinski definition) is 4. The van der Waals surface area contributed by atoms with Gasteiger partial charge in [-0.2, -0.15) is 0 Å². The zero-order valence-electron chi connectivity index (χ0n) is 69.2. The predicted molar refractivity (Wildman–Crippen MR) is 513 cm³/mol. The molecule has 114 heavy (non-hydrogen) atoms. The highest BCUT2D eigenvalue weighted by atomic mass is 28.3. The summed E-state index contributed by atoms with van der Waals surface area (Å²) in [6.07, 6.45) is 17.8. The van der Waals surface area contributed by atoms with Crippen molar-refractivity contribution in [2.45, 2.75) is 118 Å². The van der Waals surface area contributed by atoms with Gasteiger partial charge < -0.3 is 19.9 Å². The molecule has 4 N–H and O–H groups in total. The second kappa shape index (κ2) is 28.5. The van der Waals surface area contributed by atoms with Crippen molar-refractivity contribution in [3.8, 4) is 89.0 Å². The van der Waals surface area contributed by atoms with Crippen LogP contribution in [0.15, 0.2) is 218 Å². The number of hydrogen-bond donors (Lipinski definition) is 4. The number of benzene rings is 7. The third kappa shape index (κ3) is 14.5. The fraction of sp³-hybridized carbons (Fsp3) is 0.180. The van der Waals surface area contributed by atoms with Crippen LogP contribution >= 0.6 is 0 Å². The van der Waals surface area contributed by atoms with Crippen molar-refractivity contribution in [1.82, 2.24) is 39.9 Å². The van der Waals surface area contributed by atoms with Crippen LogP contribution in [0, 0.1) is 0 Å². The number of aromatic amines is 4. The first kappa shape index (κ1) is 75.7. The topological polar surface area (TPSA) is 115 Å². The van der Waals surface area contributed by atoms with Crippen molar-refractivity contribution in [3.05, 3.63) is 264 Å². The van der Waals surface area contributed by atoms with Crippen LogP contribution in [-0.2, 0) is 0 Å². The van der Waals surface area contributed by atoms with E-state index >= 15 is 0 Å². The van der Waals surface area contributed by atoms with Gasteiger partial charge in [-0.3, -0.25) is 0 Å². The number of aromatic nitrogens is 8. The van der Waals surface area contributed by atoms with E-state index in [0.717, 1.165) is 179 Å². The average Bonchev–Trinajstić information content (AvgIpc) is 1.59. The molecule has 0 fully saturated rings. The van der Waals surface area contributed by atoms with E-state index in [0.29, 0.717) is 0 Å². The average molecular weight is 1580 g/mol. The normalized spacial score (nSPS) is 13.2. The van der Waals surface area contributed by atoms with E-state index in [9.17, 15) is 0 Å². The Balaban J connectivity index is 0.993. The largest absolute Gasteiger partial charge is 0.354 e. The summed E-state index contributed by atoms with van der Waals surface area (Å²) in [5.41, 5.74) is 31.0. The molecule has 0 saturated heterocycles. The van der Waals surface area contributed by atoms with Crippen molar-refractivity contribution < 1.29 is 0 Å². The molecule has 13 aromatic rings. The van der Waals surface area contributed by atoms with Gasteiger partial charge in [0.25, 0.3) is 0 Å². The summed E-state index contributed by atoms with van der Waals surface area (Å²) in [7, 11) is -10.0. The Labute approximate surface area is 677 Å². The van der Waals surface area contributed by atoms with Crippen molar-refractivity contribution in [2.24, 2.45) is 0 Å². The Morgan fingerprint density at radius 2 is 0.307 bits per heavy atom. The lowest BCUT2D eigenvalue weighted by atomic mass is 9.92. The van der Waals surface area contributed by atoms with Gasteiger partial charge in [0.2, 0.25) is 0 Å². The Bertz CT molecular complexity index is 6010. The van der Waals surface area contributed by atoms with Crippen molar-refractivity contribution in [3.63, 3.8) is 0 Å². The maximum absolute atomic E-state index is 5.97. The van der Waals surface area contributed by atoms with E-state index < -0.39 is 48.4 Å². The lowest BCUT2D eigenvalue weighted by Crippen LogP contribution is -2.37. The van der Waals surface area contributed by atoms with E-state index in [1.54, 1.807) is 0 Å². The molecule has 566 valence electrons. The molecule has 0 spiro atoms. The van der Waals surface area contributed by atoms with Gasteiger partial charge in [0.1, 0.15) is 0 Å². The van der Waals surface area contributed by atoms with Crippen LogP contribution in [0.2, 0.25) is 118 Å². The van der Waals surface area contributed by atoms with E-state index in [2.05, 4.69) is 405 Å². The number of rotatable bonds is 14. The Morgan fingerprint density at radius 3 is 0.456 bits per heavy atom. The first-order valence-corrected chi connectivity index (χ1v) is 61.3. The maximum Gasteiger partial charge on any atom is 0.0775 e. The molecule has 0 amide bonds. The highest BCUT2D eigenvalue weighted by Crippen LogP contribution is 2.45. The minimum absolute atomic E-state index is 0.821. The minimum atomic E-state index is -1.69. The third-order valence-electron chi connectivity index (χ3n) is 23.2. The fourth-order valence-electron chi connectivity index (χ4n) is 16.5. The first-order valence-electron chi connectivity index (χ1n) is 40.3. The lowest BCUT2D eigenvalue weighted by Gasteiger charge is -2.17. The highest BCUT2D eigenvalue weighted by Gasteiger charge is 2.29. The minimum Gasteiger partial charge on any atom is -0.354 e. The molecule has 17 rings (SSSR count). The van der Waals surface area contributed by atoms with Crippen LogP contribution in [0.3, 0.4) is 0 Å². The van der Waals surface area contributed by atoms with Crippen LogP contribution in [0.4, 0.5) is 0 Å². The molecule has 4 aliphatic rings. The molecule has 10 heterocycles. The van der Waals surface area contributed by atoms with Crippen molar-refractivity contribution >= 4 is 172 Å². The molecule has 0 atom stereocenters. The van der Waals surface area contributed by atoms with Crippen LogP contribution in [0.1, 0.15) is 45.6 Å². The summed E-state index contributed by atoms with van der Waals surface area (Å²) in [4.78, 5) is 40.0. The number of nitrogens with zero attached hydrogens (tertiary/aromatic N) is 4. The van der Waals surface area contributed by atoms with Crippen molar-refractivity contribution in [2.75, 3.05) is 0 Å². The number of fused-ring (bicyclic) bond motifs is 16. The molecular formula is C100H102N8Si6. The monoisotopic (exact) mass is 1580 g/mol. The molecule has 0 saturated carbocycles. The van der Waals surface area contributed by atoms with Gasteiger partial charge in [-0.05, 0) is 142 Å². The smallest absolute Gasteiger partial charge is 0.0775 e. The Hall–Kier alpha value is -11.0. The van der Waals surface area contributed by atoms with Gasteiger partial charge >= 0.3 is 0 Å². The molecule has 7 aromatic carbocycles.